The molecule has 6 nitrogen and oxygen atoms in total. The number of alkyl halides is 2. The number of halogens is 2. The molecule has 2 heterocycles. The van der Waals surface area contributed by atoms with Crippen LogP contribution < -0.4 is 15.6 Å². The fourth-order valence-electron chi connectivity index (χ4n) is 4.64. The van der Waals surface area contributed by atoms with Gasteiger partial charge in [0, 0.05) is 12.6 Å². The monoisotopic (exact) mass is 413 g/mol. The summed E-state index contributed by atoms with van der Waals surface area (Å²) in [6.07, 6.45) is 4.18. The number of rotatable bonds is 5. The summed E-state index contributed by atoms with van der Waals surface area (Å²) in [5.41, 5.74) is -0.287. The number of nitrogens with one attached hydrogen (secondary N) is 1. The summed E-state index contributed by atoms with van der Waals surface area (Å²) in [6, 6.07) is 0.0380. The third-order valence-electron chi connectivity index (χ3n) is 7.41. The molecule has 1 aromatic rings. The van der Waals surface area contributed by atoms with Crippen LogP contribution in [0.4, 0.5) is 14.5 Å². The molecule has 1 unspecified atom stereocenters. The topological polar surface area (TPSA) is 65.4 Å². The molecule has 0 spiro atoms. The Balaban J connectivity index is 1.90. The minimum atomic E-state index is -3.09. The SMILES string of the molecule is C[C@@H]1[C@@H](C)C(C)(C)[C@@H](C)C[C@H]1Nc1cnn(C2CCCCO2)c(=O)c1OC(F)F. The van der Waals surface area contributed by atoms with Crippen molar-refractivity contribution >= 4 is 5.69 Å². The first-order chi connectivity index (χ1) is 13.6. The molecule has 164 valence electrons. The molecular weight excluding hydrogens is 380 g/mol. The Bertz CT molecular complexity index is 762. The van der Waals surface area contributed by atoms with Crippen LogP contribution in [-0.2, 0) is 4.74 Å². The van der Waals surface area contributed by atoms with Crippen LogP contribution >= 0.6 is 0 Å². The smallest absolute Gasteiger partial charge is 0.387 e. The summed E-state index contributed by atoms with van der Waals surface area (Å²) < 4.78 is 37.6. The lowest BCUT2D eigenvalue weighted by Gasteiger charge is -2.50. The van der Waals surface area contributed by atoms with E-state index in [4.69, 9.17) is 4.74 Å². The van der Waals surface area contributed by atoms with Crippen molar-refractivity contribution in [1.29, 1.82) is 0 Å². The molecule has 1 N–H and O–H groups in total. The van der Waals surface area contributed by atoms with Crippen molar-refractivity contribution in [3.63, 3.8) is 0 Å². The maximum Gasteiger partial charge on any atom is 0.387 e. The van der Waals surface area contributed by atoms with Crippen molar-refractivity contribution in [2.75, 3.05) is 11.9 Å². The molecule has 1 saturated heterocycles. The molecule has 2 fully saturated rings. The Morgan fingerprint density at radius 2 is 2.03 bits per heavy atom. The first-order valence-electron chi connectivity index (χ1n) is 10.6. The molecule has 0 bridgehead atoms. The van der Waals surface area contributed by atoms with Crippen molar-refractivity contribution in [3.8, 4) is 5.75 Å². The van der Waals surface area contributed by atoms with E-state index in [1.54, 1.807) is 0 Å². The normalized spacial score (nSPS) is 32.2. The molecule has 0 aromatic carbocycles. The lowest BCUT2D eigenvalue weighted by molar-refractivity contribution is -0.0576. The maximum atomic E-state index is 13.1. The van der Waals surface area contributed by atoms with Crippen molar-refractivity contribution in [2.24, 2.45) is 23.2 Å². The largest absolute Gasteiger partial charge is 0.427 e. The van der Waals surface area contributed by atoms with Gasteiger partial charge in [0.05, 0.1) is 6.20 Å². The zero-order valence-electron chi connectivity index (χ0n) is 18.0. The Labute approximate surface area is 171 Å². The quantitative estimate of drug-likeness (QED) is 0.760. The Kier molecular flexibility index (Phi) is 6.51. The predicted octanol–water partition coefficient (Wildman–Crippen LogP) is 4.66. The van der Waals surface area contributed by atoms with Gasteiger partial charge < -0.3 is 14.8 Å². The van der Waals surface area contributed by atoms with Crippen LogP contribution in [0.1, 0.15) is 66.5 Å². The molecule has 1 saturated carbocycles. The van der Waals surface area contributed by atoms with Crippen molar-refractivity contribution in [2.45, 2.75) is 79.2 Å². The van der Waals surface area contributed by atoms with E-state index in [2.05, 4.69) is 49.8 Å². The van der Waals surface area contributed by atoms with Gasteiger partial charge in [-0.05, 0) is 48.9 Å². The molecule has 29 heavy (non-hydrogen) atoms. The fraction of sp³-hybridized carbons (Fsp3) is 0.810. The van der Waals surface area contributed by atoms with Crippen molar-refractivity contribution in [1.82, 2.24) is 9.78 Å². The van der Waals surface area contributed by atoms with Crippen LogP contribution in [0.3, 0.4) is 0 Å². The number of anilines is 1. The third kappa shape index (κ3) is 4.42. The summed E-state index contributed by atoms with van der Waals surface area (Å²) in [5.74, 6) is 0.771. The molecule has 1 aromatic heterocycles. The van der Waals surface area contributed by atoms with Gasteiger partial charge in [0.25, 0.3) is 0 Å². The summed E-state index contributed by atoms with van der Waals surface area (Å²) in [4.78, 5) is 12.9. The van der Waals surface area contributed by atoms with E-state index in [9.17, 15) is 13.6 Å². The van der Waals surface area contributed by atoms with Gasteiger partial charge >= 0.3 is 12.2 Å². The zero-order valence-corrected chi connectivity index (χ0v) is 18.0. The average Bonchev–Trinajstić information content (AvgIpc) is 2.68. The van der Waals surface area contributed by atoms with Crippen LogP contribution in [0.5, 0.6) is 5.75 Å². The fourth-order valence-corrected chi connectivity index (χ4v) is 4.64. The Hall–Kier alpha value is -1.70. The van der Waals surface area contributed by atoms with Gasteiger partial charge in [-0.15, -0.1) is 0 Å². The van der Waals surface area contributed by atoms with E-state index in [0.717, 1.165) is 23.9 Å². The molecule has 2 aliphatic rings. The Morgan fingerprint density at radius 3 is 2.66 bits per heavy atom. The average molecular weight is 414 g/mol. The highest BCUT2D eigenvalue weighted by atomic mass is 19.3. The molecule has 0 radical (unpaired) electrons. The zero-order chi connectivity index (χ0) is 21.3. The minimum Gasteiger partial charge on any atom is -0.427 e. The molecule has 8 heteroatoms. The molecular formula is C21H33F2N3O3. The van der Waals surface area contributed by atoms with Gasteiger partial charge in [-0.1, -0.05) is 34.6 Å². The number of hydrogen-bond acceptors (Lipinski definition) is 5. The highest BCUT2D eigenvalue weighted by molar-refractivity contribution is 5.54. The molecule has 1 aliphatic carbocycles. The van der Waals surface area contributed by atoms with E-state index in [1.807, 2.05) is 0 Å². The summed E-state index contributed by atoms with van der Waals surface area (Å²) in [7, 11) is 0. The minimum absolute atomic E-state index is 0.0380. The van der Waals surface area contributed by atoms with Crippen LogP contribution in [0.15, 0.2) is 11.0 Å². The van der Waals surface area contributed by atoms with Crippen LogP contribution in [0, 0.1) is 23.2 Å². The van der Waals surface area contributed by atoms with Gasteiger partial charge in [-0.25, -0.2) is 0 Å². The molecule has 5 atom stereocenters. The second-order valence-electron chi connectivity index (χ2n) is 9.19. The van der Waals surface area contributed by atoms with Gasteiger partial charge in [0.2, 0.25) is 5.75 Å². The second-order valence-corrected chi connectivity index (χ2v) is 9.19. The van der Waals surface area contributed by atoms with E-state index in [1.165, 1.54) is 6.20 Å². The van der Waals surface area contributed by atoms with Gasteiger partial charge in [0.1, 0.15) is 5.69 Å². The molecule has 0 amide bonds. The van der Waals surface area contributed by atoms with Crippen LogP contribution in [0.2, 0.25) is 0 Å². The maximum absolute atomic E-state index is 13.1. The van der Waals surface area contributed by atoms with E-state index in [-0.39, 0.29) is 22.9 Å². The van der Waals surface area contributed by atoms with Crippen LogP contribution in [0.25, 0.3) is 0 Å². The van der Waals surface area contributed by atoms with Crippen LogP contribution in [-0.4, -0.2) is 29.0 Å². The number of nitrogens with zero attached hydrogens (tertiary/aromatic N) is 2. The van der Waals surface area contributed by atoms with Gasteiger partial charge in [0.15, 0.2) is 6.23 Å². The first kappa shape index (κ1) is 22.0. The Morgan fingerprint density at radius 1 is 1.31 bits per heavy atom. The molecule has 1 aliphatic heterocycles. The second kappa shape index (κ2) is 8.58. The highest BCUT2D eigenvalue weighted by Gasteiger charge is 2.44. The number of hydrogen-bond donors (Lipinski definition) is 1. The van der Waals surface area contributed by atoms with E-state index < -0.39 is 18.4 Å². The number of aromatic nitrogens is 2. The lowest BCUT2D eigenvalue weighted by atomic mass is 9.58. The van der Waals surface area contributed by atoms with E-state index >= 15 is 0 Å². The first-order valence-corrected chi connectivity index (χ1v) is 10.6. The highest BCUT2D eigenvalue weighted by Crippen LogP contribution is 2.48. The summed E-state index contributed by atoms with van der Waals surface area (Å²) in [5, 5.41) is 7.52. The standard InChI is InChI=1S/C21H33F2N3O3/c1-12-10-15(13(2)14(3)21(12,4)5)25-16-11-24-26(17-8-6-7-9-28-17)19(27)18(16)29-20(22)23/h11-15,17,20,25H,6-10H2,1-5H3/t12-,13+,14+,15+,17?/m0/s1. The van der Waals surface area contributed by atoms with Crippen molar-refractivity contribution in [3.05, 3.63) is 16.6 Å². The number of ether oxygens (including phenoxy) is 2. The summed E-state index contributed by atoms with van der Waals surface area (Å²) in [6.45, 7) is 8.57. The molecule has 3 rings (SSSR count). The van der Waals surface area contributed by atoms with Gasteiger partial charge in [-0.2, -0.15) is 18.6 Å². The summed E-state index contributed by atoms with van der Waals surface area (Å²) >= 11 is 0. The third-order valence-corrected chi connectivity index (χ3v) is 7.41. The predicted molar refractivity (Wildman–Crippen MR) is 107 cm³/mol. The van der Waals surface area contributed by atoms with Gasteiger partial charge in [-0.3, -0.25) is 4.79 Å². The van der Waals surface area contributed by atoms with E-state index in [0.29, 0.717) is 30.8 Å². The van der Waals surface area contributed by atoms with Crippen molar-refractivity contribution < 1.29 is 18.3 Å². The lowest BCUT2D eigenvalue weighted by Crippen LogP contribution is -2.48.